The Morgan fingerprint density at radius 3 is 2.39 bits per heavy atom. The second-order valence-electron chi connectivity index (χ2n) is 3.62. The van der Waals surface area contributed by atoms with Gasteiger partial charge in [0, 0.05) is 18.6 Å². The van der Waals surface area contributed by atoms with Crippen LogP contribution in [0.3, 0.4) is 0 Å². The molecule has 4 nitrogen and oxygen atoms in total. The van der Waals surface area contributed by atoms with Gasteiger partial charge in [-0.25, -0.2) is 4.79 Å². The zero-order chi connectivity index (χ0) is 13.5. The first-order valence-electron chi connectivity index (χ1n) is 5.56. The Bertz CT molecular complexity index is 414. The Kier molecular flexibility index (Phi) is 5.82. The number of halogens is 1. The zero-order valence-electron chi connectivity index (χ0n) is 10.3. The third-order valence-electron chi connectivity index (χ3n) is 2.40. The summed E-state index contributed by atoms with van der Waals surface area (Å²) >= 11 is 5.78. The predicted octanol–water partition coefficient (Wildman–Crippen LogP) is 2.55. The SMILES string of the molecule is CCOC(=O)C(=O)CC(OC)c1ccc(Cl)cc1. The molecule has 98 valence electrons. The molecule has 18 heavy (non-hydrogen) atoms. The molecule has 5 heteroatoms. The molecule has 1 atom stereocenters. The van der Waals surface area contributed by atoms with Gasteiger partial charge in [-0.3, -0.25) is 4.79 Å². The molecule has 1 aromatic rings. The Balaban J connectivity index is 2.70. The fraction of sp³-hybridized carbons (Fsp3) is 0.385. The van der Waals surface area contributed by atoms with Gasteiger partial charge < -0.3 is 9.47 Å². The van der Waals surface area contributed by atoms with Crippen molar-refractivity contribution in [2.24, 2.45) is 0 Å². The fourth-order valence-corrected chi connectivity index (χ4v) is 1.60. The molecule has 0 aliphatic carbocycles. The maximum absolute atomic E-state index is 11.6. The van der Waals surface area contributed by atoms with Crippen molar-refractivity contribution in [3.63, 3.8) is 0 Å². The van der Waals surface area contributed by atoms with Crippen molar-refractivity contribution in [1.29, 1.82) is 0 Å². The fourth-order valence-electron chi connectivity index (χ4n) is 1.48. The number of rotatable bonds is 6. The molecule has 1 unspecified atom stereocenters. The highest BCUT2D eigenvalue weighted by atomic mass is 35.5. The second kappa shape index (κ2) is 7.13. The van der Waals surface area contributed by atoms with Gasteiger partial charge in [0.15, 0.2) is 0 Å². The summed E-state index contributed by atoms with van der Waals surface area (Å²) in [4.78, 5) is 22.8. The van der Waals surface area contributed by atoms with Crippen LogP contribution >= 0.6 is 11.6 Å². The summed E-state index contributed by atoms with van der Waals surface area (Å²) < 4.78 is 9.84. The number of ether oxygens (including phenoxy) is 2. The molecule has 0 N–H and O–H groups in total. The highest BCUT2D eigenvalue weighted by molar-refractivity contribution is 6.33. The number of esters is 1. The number of methoxy groups -OCH3 is 1. The number of carbonyl (C=O) groups excluding carboxylic acids is 2. The van der Waals surface area contributed by atoms with Gasteiger partial charge in [0.25, 0.3) is 0 Å². The van der Waals surface area contributed by atoms with Crippen LogP contribution in [-0.2, 0) is 19.1 Å². The standard InChI is InChI=1S/C13H15ClO4/c1-3-18-13(16)11(15)8-12(17-2)9-4-6-10(14)7-5-9/h4-7,12H,3,8H2,1-2H3. The minimum atomic E-state index is -0.825. The molecule has 0 amide bonds. The van der Waals surface area contributed by atoms with E-state index in [4.69, 9.17) is 16.3 Å². The lowest BCUT2D eigenvalue weighted by atomic mass is 10.0. The molecule has 1 aromatic carbocycles. The summed E-state index contributed by atoms with van der Waals surface area (Å²) in [7, 11) is 1.48. The minimum absolute atomic E-state index is 0.0447. The highest BCUT2D eigenvalue weighted by Crippen LogP contribution is 2.22. The molecule has 0 saturated heterocycles. The molecule has 0 saturated carbocycles. The molecule has 0 bridgehead atoms. The van der Waals surface area contributed by atoms with E-state index in [2.05, 4.69) is 4.74 Å². The summed E-state index contributed by atoms with van der Waals surface area (Å²) in [6.07, 6.45) is -0.518. The maximum Gasteiger partial charge on any atom is 0.374 e. The van der Waals surface area contributed by atoms with E-state index in [1.165, 1.54) is 7.11 Å². The van der Waals surface area contributed by atoms with Crippen LogP contribution in [0.1, 0.15) is 25.0 Å². The van der Waals surface area contributed by atoms with Crippen molar-refractivity contribution in [3.05, 3.63) is 34.9 Å². The Labute approximate surface area is 111 Å². The molecular weight excluding hydrogens is 256 g/mol. The van der Waals surface area contributed by atoms with E-state index < -0.39 is 17.9 Å². The van der Waals surface area contributed by atoms with E-state index in [0.717, 1.165) is 5.56 Å². The lowest BCUT2D eigenvalue weighted by Gasteiger charge is -2.14. The topological polar surface area (TPSA) is 52.6 Å². The smallest absolute Gasteiger partial charge is 0.374 e. The lowest BCUT2D eigenvalue weighted by Crippen LogP contribution is -2.20. The maximum atomic E-state index is 11.6. The van der Waals surface area contributed by atoms with Gasteiger partial charge in [0.2, 0.25) is 5.78 Å². The summed E-state index contributed by atoms with van der Waals surface area (Å²) in [5.74, 6) is -1.42. The molecule has 0 heterocycles. The normalized spacial score (nSPS) is 11.9. The first kappa shape index (κ1) is 14.7. The van der Waals surface area contributed by atoms with Crippen molar-refractivity contribution in [3.8, 4) is 0 Å². The summed E-state index contributed by atoms with van der Waals surface area (Å²) in [5, 5.41) is 0.602. The van der Waals surface area contributed by atoms with Crippen LogP contribution in [0.25, 0.3) is 0 Å². The van der Waals surface area contributed by atoms with Crippen LogP contribution < -0.4 is 0 Å². The number of carbonyl (C=O) groups is 2. The number of hydrogen-bond donors (Lipinski definition) is 0. The van der Waals surface area contributed by atoms with Gasteiger partial charge in [-0.1, -0.05) is 23.7 Å². The lowest BCUT2D eigenvalue weighted by molar-refractivity contribution is -0.154. The van der Waals surface area contributed by atoms with Crippen LogP contribution in [0.2, 0.25) is 5.02 Å². The molecule has 0 spiro atoms. The highest BCUT2D eigenvalue weighted by Gasteiger charge is 2.21. The van der Waals surface area contributed by atoms with Crippen LogP contribution in [0.15, 0.2) is 24.3 Å². The van der Waals surface area contributed by atoms with E-state index in [9.17, 15) is 9.59 Å². The molecule has 0 fully saturated rings. The van der Waals surface area contributed by atoms with Crippen LogP contribution in [0.4, 0.5) is 0 Å². The number of hydrogen-bond acceptors (Lipinski definition) is 4. The predicted molar refractivity (Wildman–Crippen MR) is 67.5 cm³/mol. The molecular formula is C13H15ClO4. The third kappa shape index (κ3) is 4.13. The van der Waals surface area contributed by atoms with E-state index in [1.54, 1.807) is 31.2 Å². The first-order valence-corrected chi connectivity index (χ1v) is 5.94. The van der Waals surface area contributed by atoms with Crippen LogP contribution in [-0.4, -0.2) is 25.5 Å². The molecule has 0 aliphatic heterocycles. The first-order chi connectivity index (χ1) is 8.58. The van der Waals surface area contributed by atoms with E-state index in [1.807, 2.05) is 0 Å². The van der Waals surface area contributed by atoms with Crippen molar-refractivity contribution in [2.75, 3.05) is 13.7 Å². The average molecular weight is 271 g/mol. The van der Waals surface area contributed by atoms with Crippen LogP contribution in [0, 0.1) is 0 Å². The van der Waals surface area contributed by atoms with Crippen molar-refractivity contribution in [2.45, 2.75) is 19.4 Å². The quantitative estimate of drug-likeness (QED) is 0.589. The molecule has 0 aromatic heterocycles. The van der Waals surface area contributed by atoms with Crippen molar-refractivity contribution in [1.82, 2.24) is 0 Å². The van der Waals surface area contributed by atoms with Gasteiger partial charge in [0.1, 0.15) is 0 Å². The summed E-state index contributed by atoms with van der Waals surface area (Å²) in [6, 6.07) is 6.93. The largest absolute Gasteiger partial charge is 0.460 e. The zero-order valence-corrected chi connectivity index (χ0v) is 11.1. The van der Waals surface area contributed by atoms with Gasteiger partial charge in [-0.05, 0) is 24.6 Å². The number of ketones is 1. The van der Waals surface area contributed by atoms with Crippen molar-refractivity contribution >= 4 is 23.4 Å². The van der Waals surface area contributed by atoms with Crippen molar-refractivity contribution < 1.29 is 19.1 Å². The Morgan fingerprint density at radius 2 is 1.89 bits per heavy atom. The van der Waals surface area contributed by atoms with E-state index in [-0.39, 0.29) is 13.0 Å². The second-order valence-corrected chi connectivity index (χ2v) is 4.06. The van der Waals surface area contributed by atoms with Crippen LogP contribution in [0.5, 0.6) is 0 Å². The molecule has 0 aliphatic rings. The van der Waals surface area contributed by atoms with E-state index >= 15 is 0 Å². The number of benzene rings is 1. The van der Waals surface area contributed by atoms with E-state index in [0.29, 0.717) is 5.02 Å². The van der Waals surface area contributed by atoms with Gasteiger partial charge in [-0.15, -0.1) is 0 Å². The summed E-state index contributed by atoms with van der Waals surface area (Å²) in [6.45, 7) is 1.83. The van der Waals surface area contributed by atoms with Gasteiger partial charge >= 0.3 is 5.97 Å². The third-order valence-corrected chi connectivity index (χ3v) is 2.65. The minimum Gasteiger partial charge on any atom is -0.460 e. The monoisotopic (exact) mass is 270 g/mol. The Hall–Kier alpha value is -1.39. The van der Waals surface area contributed by atoms with Gasteiger partial charge in [-0.2, -0.15) is 0 Å². The van der Waals surface area contributed by atoms with Gasteiger partial charge in [0.05, 0.1) is 12.7 Å². The molecule has 0 radical (unpaired) electrons. The summed E-state index contributed by atoms with van der Waals surface area (Å²) in [5.41, 5.74) is 0.791. The molecule has 1 rings (SSSR count). The number of Topliss-reactive ketones (excluding diaryl/α,β-unsaturated/α-hetero) is 1. The Morgan fingerprint density at radius 1 is 1.28 bits per heavy atom. The average Bonchev–Trinajstić information content (AvgIpc) is 2.37.